The molecule has 5 nitrogen and oxygen atoms in total. The van der Waals surface area contributed by atoms with Gasteiger partial charge in [0.15, 0.2) is 52.2 Å². The van der Waals surface area contributed by atoms with E-state index in [0.29, 0.717) is 0 Å². The van der Waals surface area contributed by atoms with Crippen molar-refractivity contribution in [1.29, 1.82) is 0 Å². The Morgan fingerprint density at radius 2 is 1.20 bits per heavy atom. The highest BCUT2D eigenvalue weighted by molar-refractivity contribution is 6.17. The topological polar surface area (TPSA) is 77.5 Å². The van der Waals surface area contributed by atoms with Gasteiger partial charge in [0.1, 0.15) is 0 Å². The molecule has 0 heterocycles. The van der Waals surface area contributed by atoms with Gasteiger partial charge in [-0.15, -0.1) is 0 Å². The number of carbonyl (C=O) groups is 4. The lowest BCUT2D eigenvalue weighted by Gasteiger charge is -2.06. The number of ether oxygens (including phenoxy) is 1. The molecule has 7 heteroatoms. The van der Waals surface area contributed by atoms with Crippen LogP contribution < -0.4 is 0 Å². The maximum absolute atomic E-state index is 11.0. The van der Waals surface area contributed by atoms with Gasteiger partial charge >= 0.3 is 11.9 Å². The van der Waals surface area contributed by atoms with Crippen molar-refractivity contribution in [1.82, 2.24) is 0 Å². The lowest BCUT2D eigenvalue weighted by molar-refractivity contribution is -0.162. The van der Waals surface area contributed by atoms with Crippen LogP contribution in [0.15, 0.2) is 0 Å². The molecule has 15 heavy (non-hydrogen) atoms. The van der Waals surface area contributed by atoms with Gasteiger partial charge in [-0.2, -0.15) is 0 Å². The van der Waals surface area contributed by atoms with Gasteiger partial charge in [0.25, 0.3) is 0 Å². The number of hydrogen-bond donors (Lipinski definition) is 0. The maximum atomic E-state index is 11.0. The van der Waals surface area contributed by atoms with Crippen LogP contribution in [0.5, 0.6) is 0 Å². The highest BCUT2D eigenvalue weighted by Crippen LogP contribution is 2.03. The molecule has 0 saturated heterocycles. The van der Waals surface area contributed by atoms with Gasteiger partial charge in [-0.1, -0.05) is 0 Å². The number of Topliss-reactive ketones (excluding diaryl/α,β-unsaturated/α-hetero) is 2. The van der Waals surface area contributed by atoms with Crippen molar-refractivity contribution in [3.63, 3.8) is 0 Å². The standard InChI is InChI=1S/C8H10O5.2Al.6H/c1-4(9)7(5(2)10)8(12)13-6(3)11;;;;;;;;/h7H,1-3H3;;;;;;;;. The summed E-state index contributed by atoms with van der Waals surface area (Å²) in [6.45, 7) is 3.20. The molecule has 0 aromatic carbocycles. The van der Waals surface area contributed by atoms with Crippen molar-refractivity contribution in [2.45, 2.75) is 20.8 Å². The van der Waals surface area contributed by atoms with Crippen molar-refractivity contribution in [2.24, 2.45) is 5.92 Å². The zero-order valence-corrected chi connectivity index (χ0v) is 7.62. The van der Waals surface area contributed by atoms with Gasteiger partial charge in [0.05, 0.1) is 0 Å². The van der Waals surface area contributed by atoms with Crippen molar-refractivity contribution in [2.75, 3.05) is 0 Å². The van der Waals surface area contributed by atoms with Gasteiger partial charge in [-0.3, -0.25) is 19.2 Å². The van der Waals surface area contributed by atoms with Crippen LogP contribution in [0.1, 0.15) is 20.8 Å². The minimum absolute atomic E-state index is 0. The summed E-state index contributed by atoms with van der Waals surface area (Å²) in [6.07, 6.45) is 0. The van der Waals surface area contributed by atoms with Crippen LogP contribution in [0, 0.1) is 5.92 Å². The Kier molecular flexibility index (Phi) is 11.8. The molecule has 0 aromatic heterocycles. The number of ketones is 2. The summed E-state index contributed by atoms with van der Waals surface area (Å²) in [5.74, 6) is -4.66. The molecule has 0 aliphatic rings. The molecule has 0 spiro atoms. The summed E-state index contributed by atoms with van der Waals surface area (Å²) in [4.78, 5) is 42.8. The third-order valence-corrected chi connectivity index (χ3v) is 1.29. The zero-order chi connectivity index (χ0) is 10.6. The summed E-state index contributed by atoms with van der Waals surface area (Å²) in [7, 11) is 0. The summed E-state index contributed by atoms with van der Waals surface area (Å²) >= 11 is 0. The Balaban J connectivity index is -0.000000720. The van der Waals surface area contributed by atoms with Gasteiger partial charge in [0, 0.05) is 6.92 Å². The van der Waals surface area contributed by atoms with Gasteiger partial charge in [-0.25, -0.2) is 0 Å². The molecule has 0 aliphatic heterocycles. The van der Waals surface area contributed by atoms with E-state index in [0.717, 1.165) is 20.8 Å². The van der Waals surface area contributed by atoms with E-state index in [4.69, 9.17) is 0 Å². The lowest BCUT2D eigenvalue weighted by atomic mass is 10.0. The van der Waals surface area contributed by atoms with E-state index in [9.17, 15) is 19.2 Å². The molecule has 0 aromatic rings. The number of carbonyl (C=O) groups excluding carboxylic acids is 4. The molecular formula is C8H16Al2O5. The predicted octanol–water partition coefficient (Wildman–Crippen LogP) is -2.50. The first kappa shape index (κ1) is 20.0. The van der Waals surface area contributed by atoms with Crippen LogP contribution >= 0.6 is 0 Å². The molecule has 0 saturated carbocycles. The van der Waals surface area contributed by atoms with Crippen molar-refractivity contribution in [3.05, 3.63) is 0 Å². The predicted molar refractivity (Wildman–Crippen MR) is 61.5 cm³/mol. The van der Waals surface area contributed by atoms with Crippen LogP contribution in [0.3, 0.4) is 0 Å². The molecular weight excluding hydrogens is 230 g/mol. The van der Waals surface area contributed by atoms with E-state index in [1.807, 2.05) is 0 Å². The highest BCUT2D eigenvalue weighted by Gasteiger charge is 2.30. The molecule has 0 aliphatic carbocycles. The Morgan fingerprint density at radius 1 is 0.867 bits per heavy atom. The molecule has 0 bridgehead atoms. The smallest absolute Gasteiger partial charge is 0.331 e. The van der Waals surface area contributed by atoms with Crippen LogP contribution in [0.4, 0.5) is 0 Å². The maximum Gasteiger partial charge on any atom is 0.331 e. The molecule has 0 N–H and O–H groups in total. The van der Waals surface area contributed by atoms with E-state index in [-0.39, 0.29) is 34.7 Å². The van der Waals surface area contributed by atoms with Gasteiger partial charge < -0.3 is 4.74 Å². The first-order chi connectivity index (χ1) is 5.86. The molecule has 84 valence electrons. The fourth-order valence-corrected chi connectivity index (χ4v) is 0.819. The normalized spacial score (nSPS) is 8.27. The Labute approximate surface area is 109 Å². The highest BCUT2D eigenvalue weighted by atomic mass is 27.0. The third kappa shape index (κ3) is 7.47. The third-order valence-electron chi connectivity index (χ3n) is 1.29. The molecule has 0 fully saturated rings. The molecule has 0 atom stereocenters. The quantitative estimate of drug-likeness (QED) is 0.312. The van der Waals surface area contributed by atoms with Crippen molar-refractivity contribution >= 4 is 58.2 Å². The number of esters is 2. The lowest BCUT2D eigenvalue weighted by Crippen LogP contribution is -2.31. The second-order valence-electron chi connectivity index (χ2n) is 2.57. The van der Waals surface area contributed by atoms with E-state index in [2.05, 4.69) is 4.74 Å². The summed E-state index contributed by atoms with van der Waals surface area (Å²) < 4.78 is 4.12. The molecule has 0 unspecified atom stereocenters. The second kappa shape index (κ2) is 8.82. The number of rotatable bonds is 3. The average Bonchev–Trinajstić information content (AvgIpc) is 1.81. The van der Waals surface area contributed by atoms with E-state index in [1.54, 1.807) is 0 Å². The van der Waals surface area contributed by atoms with Crippen LogP contribution in [-0.2, 0) is 23.9 Å². The van der Waals surface area contributed by atoms with Gasteiger partial charge in [0.2, 0.25) is 0 Å². The van der Waals surface area contributed by atoms with E-state index >= 15 is 0 Å². The van der Waals surface area contributed by atoms with Crippen LogP contribution in [-0.4, -0.2) is 58.2 Å². The first-order valence-electron chi connectivity index (χ1n) is 3.59. The van der Waals surface area contributed by atoms with Crippen LogP contribution in [0.2, 0.25) is 0 Å². The minimum atomic E-state index is -1.47. The fourth-order valence-electron chi connectivity index (χ4n) is 0.819. The summed E-state index contributed by atoms with van der Waals surface area (Å²) in [5.41, 5.74) is 0. The second-order valence-corrected chi connectivity index (χ2v) is 2.57. The number of hydrogen-bond acceptors (Lipinski definition) is 5. The van der Waals surface area contributed by atoms with Crippen LogP contribution in [0.25, 0.3) is 0 Å². The first-order valence-corrected chi connectivity index (χ1v) is 3.59. The summed E-state index contributed by atoms with van der Waals surface area (Å²) in [6, 6.07) is 0. The van der Waals surface area contributed by atoms with Crippen molar-refractivity contribution < 1.29 is 23.9 Å². The summed E-state index contributed by atoms with van der Waals surface area (Å²) in [5, 5.41) is 0. The SMILES string of the molecule is CC(=O)OC(=O)C(C(C)=O)C(C)=O.[AlH3].[AlH3]. The molecule has 0 radical (unpaired) electrons. The average molecular weight is 246 g/mol. The zero-order valence-electron chi connectivity index (χ0n) is 7.62. The minimum Gasteiger partial charge on any atom is -0.392 e. The Hall–Kier alpha value is -0.455. The van der Waals surface area contributed by atoms with E-state index < -0.39 is 29.4 Å². The molecule has 0 rings (SSSR count). The Bertz CT molecular complexity index is 260. The van der Waals surface area contributed by atoms with E-state index in [1.165, 1.54) is 0 Å². The fraction of sp³-hybridized carbons (Fsp3) is 0.500. The Morgan fingerprint density at radius 3 is 1.40 bits per heavy atom. The monoisotopic (exact) mass is 246 g/mol. The van der Waals surface area contributed by atoms with Gasteiger partial charge in [-0.05, 0) is 13.8 Å². The van der Waals surface area contributed by atoms with Crippen molar-refractivity contribution in [3.8, 4) is 0 Å². The molecule has 0 amide bonds. The largest absolute Gasteiger partial charge is 0.392 e.